The van der Waals surface area contributed by atoms with E-state index in [1.165, 1.54) is 25.5 Å². The molecular formula is C29H35IN7O10P. The molecule has 0 spiro atoms. The average Bonchev–Trinajstić information content (AvgIpc) is 3.50. The van der Waals surface area contributed by atoms with Gasteiger partial charge in [-0.1, -0.05) is 6.07 Å². The zero-order valence-corrected chi connectivity index (χ0v) is 29.2. The van der Waals surface area contributed by atoms with Crippen molar-refractivity contribution in [2.45, 2.75) is 62.9 Å². The van der Waals surface area contributed by atoms with Crippen molar-refractivity contribution in [3.63, 3.8) is 0 Å². The Bertz CT molecular complexity index is 1850. The molecule has 2 unspecified atom stereocenters. The Balaban J connectivity index is 1.26. The minimum Gasteiger partial charge on any atom is -0.479 e. The number of nitrogen functional groups attached to an aromatic ring is 1. The summed E-state index contributed by atoms with van der Waals surface area (Å²) in [4.78, 5) is 30.1. The number of hydrogen-bond acceptors (Lipinski definition) is 15. The van der Waals surface area contributed by atoms with Gasteiger partial charge in [-0.2, -0.15) is 15.1 Å². The molecule has 6 atom stereocenters. The number of benzene rings is 1. The van der Waals surface area contributed by atoms with E-state index in [-0.39, 0.29) is 34.8 Å². The van der Waals surface area contributed by atoms with Crippen molar-refractivity contribution in [3.05, 3.63) is 40.4 Å². The Labute approximate surface area is 288 Å². The average molecular weight is 800 g/mol. The maximum absolute atomic E-state index is 14.4. The van der Waals surface area contributed by atoms with Gasteiger partial charge in [0.2, 0.25) is 11.8 Å². The van der Waals surface area contributed by atoms with Gasteiger partial charge in [-0.25, -0.2) is 9.55 Å². The fraction of sp³-hybridized carbons (Fsp3) is 0.483. The minimum absolute atomic E-state index is 0.104. The Morgan fingerprint density at radius 2 is 2.02 bits per heavy atom. The van der Waals surface area contributed by atoms with Crippen molar-refractivity contribution in [2.75, 3.05) is 32.7 Å². The highest BCUT2D eigenvalue weighted by molar-refractivity contribution is 14.1. The summed E-state index contributed by atoms with van der Waals surface area (Å²) in [6, 6.07) is 7.32. The van der Waals surface area contributed by atoms with Crippen LogP contribution in [0.3, 0.4) is 0 Å². The van der Waals surface area contributed by atoms with E-state index in [2.05, 4.69) is 25.0 Å². The van der Waals surface area contributed by atoms with Crippen LogP contribution in [-0.4, -0.2) is 97.6 Å². The molecule has 5 heterocycles. The predicted molar refractivity (Wildman–Crippen MR) is 178 cm³/mol. The Morgan fingerprint density at radius 3 is 2.77 bits per heavy atom. The lowest BCUT2D eigenvalue weighted by molar-refractivity contribution is -0.154. The van der Waals surface area contributed by atoms with Crippen LogP contribution < -0.4 is 20.1 Å². The summed E-state index contributed by atoms with van der Waals surface area (Å²) >= 11 is 1.92. The quantitative estimate of drug-likeness (QED) is 0.0740. The number of aromatic nitrogens is 5. The molecule has 17 nitrogen and oxygen atoms in total. The van der Waals surface area contributed by atoms with E-state index in [4.69, 9.17) is 33.7 Å². The van der Waals surface area contributed by atoms with E-state index in [0.717, 1.165) is 0 Å². The number of carbonyl (C=O) groups is 1. The van der Waals surface area contributed by atoms with Gasteiger partial charge in [0.1, 0.15) is 35.7 Å². The predicted octanol–water partition coefficient (Wildman–Crippen LogP) is 2.48. The molecule has 2 saturated heterocycles. The van der Waals surface area contributed by atoms with Crippen LogP contribution >= 0.6 is 30.3 Å². The minimum atomic E-state index is -4.43. The van der Waals surface area contributed by atoms with Gasteiger partial charge < -0.3 is 39.4 Å². The molecule has 5 N–H and O–H groups in total. The van der Waals surface area contributed by atoms with Gasteiger partial charge in [-0.05, 0) is 38.1 Å². The summed E-state index contributed by atoms with van der Waals surface area (Å²) in [6.45, 7) is 3.25. The topological polar surface area (TPSA) is 225 Å². The number of esters is 1. The highest BCUT2D eigenvalue weighted by Gasteiger charge is 2.55. The van der Waals surface area contributed by atoms with Crippen LogP contribution in [-0.2, 0) is 28.1 Å². The lowest BCUT2D eigenvalue weighted by atomic mass is 9.96. The standard InChI is InChI=1S/C29H35IN7O10P/c1-15(25(39)45-16-9-12-43-13-10-16)36-48(41,47-19-8-4-7-18-17(19)6-5-11-32-18)44-14-20-22(38)29(2,40)26(46-20)37-23-21(33-27(37)30)24(42-3)35-28(31)34-23/h4-8,11,15-16,20,22,26,38,40H,9-10,12-14H2,1-3H3,(H,36,41)(H2,31,34,35)/t15-,20+,22?,26+,29+,48?/m0/s1. The van der Waals surface area contributed by atoms with Crippen LogP contribution in [0.1, 0.15) is 32.9 Å². The number of rotatable bonds is 11. The molecule has 0 amide bonds. The second kappa shape index (κ2) is 13.9. The third-order valence-electron chi connectivity index (χ3n) is 8.05. The second-order valence-electron chi connectivity index (χ2n) is 11.5. The molecule has 3 aromatic heterocycles. The lowest BCUT2D eigenvalue weighted by Crippen LogP contribution is -2.45. The first-order valence-corrected chi connectivity index (χ1v) is 17.7. The van der Waals surface area contributed by atoms with Crippen LogP contribution in [0.2, 0.25) is 0 Å². The van der Waals surface area contributed by atoms with Crippen LogP contribution in [0.5, 0.6) is 11.6 Å². The van der Waals surface area contributed by atoms with Crippen LogP contribution in [0.25, 0.3) is 22.1 Å². The lowest BCUT2D eigenvalue weighted by Gasteiger charge is -2.28. The van der Waals surface area contributed by atoms with Gasteiger partial charge in [0.15, 0.2) is 21.2 Å². The molecule has 48 heavy (non-hydrogen) atoms. The summed E-state index contributed by atoms with van der Waals surface area (Å²) in [5.41, 5.74) is 5.00. The SMILES string of the molecule is COc1nc(N)nc2c1nc(I)n2[C@@H]1O[C@H](COP(=O)(N[C@@H](C)C(=O)OC2CCOCC2)Oc2cccc3ncccc23)C(O)[C@@]1(C)O. The molecule has 258 valence electrons. The third kappa shape index (κ3) is 6.93. The van der Waals surface area contributed by atoms with Gasteiger partial charge in [0.25, 0.3) is 0 Å². The smallest absolute Gasteiger partial charge is 0.459 e. The normalized spacial score (nSPS) is 25.2. The Hall–Kier alpha value is -3.23. The first kappa shape index (κ1) is 34.6. The maximum Gasteiger partial charge on any atom is 0.459 e. The van der Waals surface area contributed by atoms with Crippen LogP contribution in [0, 0.1) is 3.83 Å². The number of aliphatic hydroxyl groups is 2. The maximum atomic E-state index is 14.4. The number of pyridine rings is 1. The molecule has 19 heteroatoms. The van der Waals surface area contributed by atoms with E-state index in [1.807, 2.05) is 22.6 Å². The highest BCUT2D eigenvalue weighted by Crippen LogP contribution is 2.49. The molecular weight excluding hydrogens is 764 g/mol. The zero-order valence-electron chi connectivity index (χ0n) is 26.2. The van der Waals surface area contributed by atoms with Crippen molar-refractivity contribution in [1.82, 2.24) is 29.6 Å². The molecule has 6 rings (SSSR count). The molecule has 0 radical (unpaired) electrons. The van der Waals surface area contributed by atoms with Gasteiger partial charge in [0, 0.05) is 47.0 Å². The summed E-state index contributed by atoms with van der Waals surface area (Å²) in [5.74, 6) is -0.478. The number of carbonyl (C=O) groups excluding carboxylic acids is 1. The largest absolute Gasteiger partial charge is 0.479 e. The van der Waals surface area contributed by atoms with E-state index in [1.54, 1.807) is 36.5 Å². The number of halogens is 1. The van der Waals surface area contributed by atoms with E-state index >= 15 is 0 Å². The third-order valence-corrected chi connectivity index (χ3v) is 10.4. The molecule has 0 bridgehead atoms. The summed E-state index contributed by atoms with van der Waals surface area (Å²) in [5, 5.41) is 26.0. The number of fused-ring (bicyclic) bond motifs is 2. The Kier molecular flexibility index (Phi) is 10.1. The highest BCUT2D eigenvalue weighted by atomic mass is 127. The summed E-state index contributed by atoms with van der Waals surface area (Å²) in [6.07, 6.45) is -1.69. The molecule has 0 aliphatic carbocycles. The first-order chi connectivity index (χ1) is 22.9. The molecule has 2 aliphatic heterocycles. The zero-order chi connectivity index (χ0) is 34.2. The van der Waals surface area contributed by atoms with Gasteiger partial charge in [0.05, 0.1) is 32.4 Å². The summed E-state index contributed by atoms with van der Waals surface area (Å²) in [7, 11) is -3.02. The molecule has 2 aliphatic rings. The van der Waals surface area contributed by atoms with Crippen molar-refractivity contribution in [3.8, 4) is 11.6 Å². The number of hydrogen-bond donors (Lipinski definition) is 4. The van der Waals surface area contributed by atoms with E-state index < -0.39 is 50.4 Å². The van der Waals surface area contributed by atoms with Gasteiger partial charge in [-0.15, -0.1) is 0 Å². The number of nitrogens with zero attached hydrogens (tertiary/aromatic N) is 5. The fourth-order valence-electron chi connectivity index (χ4n) is 5.54. The van der Waals surface area contributed by atoms with Crippen molar-refractivity contribution < 1.29 is 47.6 Å². The monoisotopic (exact) mass is 799 g/mol. The van der Waals surface area contributed by atoms with Crippen LogP contribution in [0.4, 0.5) is 5.95 Å². The van der Waals surface area contributed by atoms with Gasteiger partial charge in [-0.3, -0.25) is 18.9 Å². The number of anilines is 1. The Morgan fingerprint density at radius 1 is 1.25 bits per heavy atom. The number of methoxy groups -OCH3 is 1. The first-order valence-electron chi connectivity index (χ1n) is 15.0. The van der Waals surface area contributed by atoms with E-state index in [0.29, 0.717) is 40.8 Å². The van der Waals surface area contributed by atoms with E-state index in [9.17, 15) is 19.6 Å². The van der Waals surface area contributed by atoms with Crippen molar-refractivity contribution in [1.29, 1.82) is 0 Å². The summed E-state index contributed by atoms with van der Waals surface area (Å²) < 4.78 is 50.4. The van der Waals surface area contributed by atoms with Gasteiger partial charge >= 0.3 is 13.7 Å². The number of nitrogens with two attached hydrogens (primary N) is 1. The van der Waals surface area contributed by atoms with Crippen LogP contribution in [0.15, 0.2) is 36.5 Å². The number of nitrogens with one attached hydrogen (secondary N) is 1. The molecule has 2 fully saturated rings. The number of imidazole rings is 1. The molecule has 1 aromatic carbocycles. The number of ether oxygens (including phenoxy) is 4. The second-order valence-corrected chi connectivity index (χ2v) is 14.2. The van der Waals surface area contributed by atoms with Crippen molar-refractivity contribution in [2.24, 2.45) is 0 Å². The fourth-order valence-corrected chi connectivity index (χ4v) is 7.78. The molecule has 4 aromatic rings. The molecule has 0 saturated carbocycles. The number of aliphatic hydroxyl groups excluding tert-OH is 1. The van der Waals surface area contributed by atoms with Crippen molar-refractivity contribution >= 4 is 64.3 Å².